The third kappa shape index (κ3) is 9.13. The molecule has 98 valence electrons. The van der Waals surface area contributed by atoms with Crippen LogP contribution in [-0.4, -0.2) is 50.3 Å². The Hall–Kier alpha value is -0.120. The van der Waals surface area contributed by atoms with Crippen molar-refractivity contribution in [3.8, 4) is 0 Å². The molecule has 0 fully saturated rings. The Labute approximate surface area is 102 Å². The predicted octanol–water partition coefficient (Wildman–Crippen LogP) is 2.12. The van der Waals surface area contributed by atoms with E-state index in [0.29, 0.717) is 6.10 Å². The maximum atomic E-state index is 5.77. The second-order valence-corrected chi connectivity index (χ2v) is 4.25. The molecule has 0 aromatic rings. The summed E-state index contributed by atoms with van der Waals surface area (Å²) >= 11 is 0. The van der Waals surface area contributed by atoms with Crippen molar-refractivity contribution >= 4 is 0 Å². The fraction of sp³-hybridized carbons (Fsp3) is 1.00. The van der Waals surface area contributed by atoms with E-state index in [-0.39, 0.29) is 0 Å². The van der Waals surface area contributed by atoms with Gasteiger partial charge < -0.3 is 15.0 Å². The maximum absolute atomic E-state index is 5.77. The van der Waals surface area contributed by atoms with Crippen LogP contribution in [-0.2, 0) is 4.74 Å². The number of nitrogens with one attached hydrogen (secondary N) is 1. The minimum absolute atomic E-state index is 0.375. The lowest BCUT2D eigenvalue weighted by molar-refractivity contribution is 0.0454. The highest BCUT2D eigenvalue weighted by molar-refractivity contribution is 4.56. The van der Waals surface area contributed by atoms with Gasteiger partial charge in [0.05, 0.1) is 12.7 Å². The first-order valence-corrected chi connectivity index (χ1v) is 6.79. The molecule has 0 aromatic heterocycles. The van der Waals surface area contributed by atoms with Gasteiger partial charge in [-0.25, -0.2) is 0 Å². The highest BCUT2D eigenvalue weighted by atomic mass is 16.5. The first-order chi connectivity index (χ1) is 7.74. The van der Waals surface area contributed by atoms with Crippen molar-refractivity contribution in [3.63, 3.8) is 0 Å². The molecule has 0 spiro atoms. The number of ether oxygens (including phenoxy) is 1. The van der Waals surface area contributed by atoms with Gasteiger partial charge in [-0.15, -0.1) is 0 Å². The molecule has 3 heteroatoms. The summed E-state index contributed by atoms with van der Waals surface area (Å²) < 4.78 is 5.77. The van der Waals surface area contributed by atoms with Crippen LogP contribution in [0.5, 0.6) is 0 Å². The van der Waals surface area contributed by atoms with Gasteiger partial charge in [-0.3, -0.25) is 0 Å². The van der Waals surface area contributed by atoms with E-state index in [1.54, 1.807) is 0 Å². The quantitative estimate of drug-likeness (QED) is 0.550. The molecule has 3 nitrogen and oxygen atoms in total. The molecule has 0 aliphatic rings. The lowest BCUT2D eigenvalue weighted by Crippen LogP contribution is -2.29. The highest BCUT2D eigenvalue weighted by Crippen LogP contribution is 1.97. The van der Waals surface area contributed by atoms with Gasteiger partial charge >= 0.3 is 0 Å². The summed E-state index contributed by atoms with van der Waals surface area (Å²) in [6.07, 6.45) is 2.69. The highest BCUT2D eigenvalue weighted by Gasteiger charge is 2.03. The summed E-state index contributed by atoms with van der Waals surface area (Å²) in [5, 5.41) is 3.40. The van der Waals surface area contributed by atoms with Crippen molar-refractivity contribution < 1.29 is 4.74 Å². The van der Waals surface area contributed by atoms with Crippen LogP contribution >= 0.6 is 0 Å². The first kappa shape index (κ1) is 15.9. The Morgan fingerprint density at radius 3 is 2.38 bits per heavy atom. The van der Waals surface area contributed by atoms with Gasteiger partial charge in [0.25, 0.3) is 0 Å². The molecule has 0 heterocycles. The van der Waals surface area contributed by atoms with Crippen molar-refractivity contribution in [2.75, 3.05) is 39.3 Å². The zero-order valence-electron chi connectivity index (χ0n) is 11.6. The number of hydrogen-bond donors (Lipinski definition) is 1. The van der Waals surface area contributed by atoms with Crippen LogP contribution in [0.1, 0.15) is 40.5 Å². The summed E-state index contributed by atoms with van der Waals surface area (Å²) in [7, 11) is 0. The fourth-order valence-corrected chi connectivity index (χ4v) is 1.61. The Bertz CT molecular complexity index is 138. The van der Waals surface area contributed by atoms with Gasteiger partial charge in [-0.2, -0.15) is 0 Å². The molecule has 0 amide bonds. The van der Waals surface area contributed by atoms with E-state index in [9.17, 15) is 0 Å². The normalized spacial score (nSPS) is 13.3. The van der Waals surface area contributed by atoms with Crippen molar-refractivity contribution in [2.24, 2.45) is 0 Å². The standard InChI is InChI=1S/C13H30N2O/c1-5-9-14-10-8-13(4)16-12-11-15(6-2)7-3/h13-14H,5-12H2,1-4H3. The molecule has 16 heavy (non-hydrogen) atoms. The van der Waals surface area contributed by atoms with E-state index in [1.165, 1.54) is 6.42 Å². The van der Waals surface area contributed by atoms with E-state index in [4.69, 9.17) is 4.74 Å². The van der Waals surface area contributed by atoms with Gasteiger partial charge in [-0.1, -0.05) is 20.8 Å². The van der Waals surface area contributed by atoms with E-state index in [0.717, 1.165) is 45.8 Å². The smallest absolute Gasteiger partial charge is 0.0597 e. The first-order valence-electron chi connectivity index (χ1n) is 6.79. The summed E-state index contributed by atoms with van der Waals surface area (Å²) in [4.78, 5) is 2.39. The van der Waals surface area contributed by atoms with Crippen LogP contribution in [0.15, 0.2) is 0 Å². The van der Waals surface area contributed by atoms with Crippen LogP contribution in [0.3, 0.4) is 0 Å². The molecule has 0 rings (SSSR count). The molecular formula is C13H30N2O. The summed E-state index contributed by atoms with van der Waals surface area (Å²) in [5.74, 6) is 0. The molecule has 0 radical (unpaired) electrons. The zero-order chi connectivity index (χ0) is 12.2. The molecule has 0 bridgehead atoms. The van der Waals surface area contributed by atoms with Crippen LogP contribution in [0, 0.1) is 0 Å². The topological polar surface area (TPSA) is 24.5 Å². The van der Waals surface area contributed by atoms with Crippen LogP contribution < -0.4 is 5.32 Å². The van der Waals surface area contributed by atoms with Gasteiger partial charge in [0.15, 0.2) is 0 Å². The van der Waals surface area contributed by atoms with Gasteiger partial charge in [0, 0.05) is 6.54 Å². The Morgan fingerprint density at radius 2 is 1.81 bits per heavy atom. The summed E-state index contributed by atoms with van der Waals surface area (Å²) in [6, 6.07) is 0. The SMILES string of the molecule is CCCNCCC(C)OCCN(CC)CC. The van der Waals surface area contributed by atoms with Crippen molar-refractivity contribution in [2.45, 2.75) is 46.6 Å². The van der Waals surface area contributed by atoms with Crippen LogP contribution in [0.2, 0.25) is 0 Å². The monoisotopic (exact) mass is 230 g/mol. The Morgan fingerprint density at radius 1 is 1.12 bits per heavy atom. The van der Waals surface area contributed by atoms with Crippen molar-refractivity contribution in [3.05, 3.63) is 0 Å². The molecular weight excluding hydrogens is 200 g/mol. The van der Waals surface area contributed by atoms with Gasteiger partial charge in [0.1, 0.15) is 0 Å². The van der Waals surface area contributed by atoms with Crippen molar-refractivity contribution in [1.82, 2.24) is 10.2 Å². The zero-order valence-corrected chi connectivity index (χ0v) is 11.6. The third-order valence-electron chi connectivity index (χ3n) is 2.86. The van der Waals surface area contributed by atoms with Gasteiger partial charge in [-0.05, 0) is 45.9 Å². The number of rotatable bonds is 11. The molecule has 0 aliphatic heterocycles. The van der Waals surface area contributed by atoms with Crippen LogP contribution in [0.4, 0.5) is 0 Å². The molecule has 0 saturated heterocycles. The number of likely N-dealkylation sites (N-methyl/N-ethyl adjacent to an activating group) is 1. The van der Waals surface area contributed by atoms with E-state index < -0.39 is 0 Å². The minimum atomic E-state index is 0.375. The largest absolute Gasteiger partial charge is 0.377 e. The number of hydrogen-bond acceptors (Lipinski definition) is 3. The van der Waals surface area contributed by atoms with E-state index >= 15 is 0 Å². The third-order valence-corrected chi connectivity index (χ3v) is 2.86. The predicted molar refractivity (Wildman–Crippen MR) is 71.0 cm³/mol. The van der Waals surface area contributed by atoms with Crippen LogP contribution in [0.25, 0.3) is 0 Å². The number of nitrogens with zero attached hydrogens (tertiary/aromatic N) is 1. The van der Waals surface area contributed by atoms with E-state index in [2.05, 4.69) is 37.9 Å². The lowest BCUT2D eigenvalue weighted by Gasteiger charge is -2.20. The van der Waals surface area contributed by atoms with Gasteiger partial charge in [0.2, 0.25) is 0 Å². The Balaban J connectivity index is 3.32. The molecule has 1 unspecified atom stereocenters. The molecule has 0 aliphatic carbocycles. The average molecular weight is 230 g/mol. The fourth-order valence-electron chi connectivity index (χ4n) is 1.61. The summed E-state index contributed by atoms with van der Waals surface area (Å²) in [6.45, 7) is 15.1. The van der Waals surface area contributed by atoms with Crippen molar-refractivity contribution in [1.29, 1.82) is 0 Å². The molecule has 0 saturated carbocycles. The molecule has 1 N–H and O–H groups in total. The second-order valence-electron chi connectivity index (χ2n) is 4.25. The maximum Gasteiger partial charge on any atom is 0.0597 e. The average Bonchev–Trinajstić information content (AvgIpc) is 2.30. The molecule has 0 aromatic carbocycles. The second kappa shape index (κ2) is 11.4. The molecule has 1 atom stereocenters. The van der Waals surface area contributed by atoms with E-state index in [1.807, 2.05) is 0 Å². The Kier molecular flexibility index (Phi) is 11.3. The lowest BCUT2D eigenvalue weighted by atomic mass is 10.3. The minimum Gasteiger partial charge on any atom is -0.377 e. The summed E-state index contributed by atoms with van der Waals surface area (Å²) in [5.41, 5.74) is 0.